The lowest BCUT2D eigenvalue weighted by molar-refractivity contribution is 1.33. The van der Waals surface area contributed by atoms with Gasteiger partial charge in [0.05, 0.1) is 90.7 Å². The van der Waals surface area contributed by atoms with Gasteiger partial charge in [-0.3, -0.25) is 0 Å². The van der Waals surface area contributed by atoms with Crippen molar-refractivity contribution >= 4 is 120 Å². The van der Waals surface area contributed by atoms with Gasteiger partial charge < -0.3 is 8.80 Å². The zero-order valence-corrected chi connectivity index (χ0v) is 29.0. The molecule has 0 aliphatic heterocycles. The van der Waals surface area contributed by atoms with E-state index in [4.69, 9.17) is 9.97 Å². The third-order valence-corrected chi connectivity index (χ3v) is 11.9. The molecule has 56 heavy (non-hydrogen) atoms. The first-order valence-corrected chi connectivity index (χ1v) is 18.1. The molecule has 13 aromatic rings. The van der Waals surface area contributed by atoms with Gasteiger partial charge in [-0.05, 0) is 71.4 Å². The molecule has 8 heteroatoms. The first-order valence-electron chi connectivity index (χ1n) is 18.1. The van der Waals surface area contributed by atoms with E-state index in [1.165, 1.54) is 0 Å². The third kappa shape index (κ3) is 3.20. The van der Waals surface area contributed by atoms with E-state index >= 15 is 0 Å². The molecule has 0 radical (unpaired) electrons. The highest BCUT2D eigenvalue weighted by molar-refractivity contribution is 6.40. The minimum absolute atomic E-state index is 0.500. The van der Waals surface area contributed by atoms with Crippen LogP contribution in [0.5, 0.6) is 0 Å². The van der Waals surface area contributed by atoms with Crippen molar-refractivity contribution in [3.8, 4) is 24.3 Å². The Morgan fingerprint density at radius 3 is 1.12 bits per heavy atom. The summed E-state index contributed by atoms with van der Waals surface area (Å²) in [7, 11) is 0. The summed E-state index contributed by atoms with van der Waals surface area (Å²) in [6.45, 7) is 0. The fraction of sp³-hybridized carbons (Fsp3) is 0. The van der Waals surface area contributed by atoms with Crippen LogP contribution in [-0.2, 0) is 0 Å². The summed E-state index contributed by atoms with van der Waals surface area (Å²) >= 11 is 0. The van der Waals surface area contributed by atoms with Crippen LogP contribution in [0.1, 0.15) is 22.3 Å². The van der Waals surface area contributed by atoms with E-state index in [1.54, 1.807) is 0 Å². The van der Waals surface area contributed by atoms with Gasteiger partial charge in [0, 0.05) is 53.9 Å². The minimum atomic E-state index is 0.500. The summed E-state index contributed by atoms with van der Waals surface area (Å²) in [4.78, 5) is 11.3. The van der Waals surface area contributed by atoms with Crippen molar-refractivity contribution < 1.29 is 0 Å². The van der Waals surface area contributed by atoms with Crippen molar-refractivity contribution in [2.45, 2.75) is 0 Å². The molecule has 8 aromatic carbocycles. The number of benzene rings is 8. The lowest BCUT2D eigenvalue weighted by Crippen LogP contribution is -1.95. The molecule has 250 valence electrons. The van der Waals surface area contributed by atoms with Crippen LogP contribution in [0.2, 0.25) is 0 Å². The van der Waals surface area contributed by atoms with Crippen molar-refractivity contribution in [3.63, 3.8) is 0 Å². The van der Waals surface area contributed by atoms with E-state index in [-0.39, 0.29) is 0 Å². The number of hydrogen-bond acceptors (Lipinski definition) is 6. The van der Waals surface area contributed by atoms with Crippen molar-refractivity contribution in [1.29, 1.82) is 21.0 Å². The fourth-order valence-electron chi connectivity index (χ4n) is 9.82. The summed E-state index contributed by atoms with van der Waals surface area (Å²) < 4.78 is 4.53. The quantitative estimate of drug-likeness (QED) is 0.114. The van der Waals surface area contributed by atoms with E-state index in [0.717, 1.165) is 109 Å². The maximum Gasteiger partial charge on any atom is 0.100 e. The Morgan fingerprint density at radius 2 is 0.714 bits per heavy atom. The summed E-state index contributed by atoms with van der Waals surface area (Å²) in [5.41, 5.74) is 10.5. The summed E-state index contributed by atoms with van der Waals surface area (Å²) in [5.74, 6) is 0. The number of fused-ring (bicyclic) bond motifs is 22. The Morgan fingerprint density at radius 1 is 0.339 bits per heavy atom. The summed E-state index contributed by atoms with van der Waals surface area (Å²) in [6, 6.07) is 45.2. The predicted octanol–water partition coefficient (Wildman–Crippen LogP) is 10.9. The molecule has 0 spiro atoms. The lowest BCUT2D eigenvalue weighted by Gasteiger charge is -2.12. The molecule has 0 fully saturated rings. The largest absolute Gasteiger partial charge is 0.306 e. The predicted molar refractivity (Wildman–Crippen MR) is 220 cm³/mol. The number of hydrogen-bond donors (Lipinski definition) is 0. The monoisotopic (exact) mass is 706 g/mol. The van der Waals surface area contributed by atoms with Crippen LogP contribution >= 0.6 is 0 Å². The third-order valence-electron chi connectivity index (χ3n) is 11.9. The van der Waals surface area contributed by atoms with Gasteiger partial charge in [-0.1, -0.05) is 48.5 Å². The van der Waals surface area contributed by atoms with Crippen LogP contribution in [0.3, 0.4) is 0 Å². The molecule has 0 unspecified atom stereocenters. The van der Waals surface area contributed by atoms with Gasteiger partial charge in [0.25, 0.3) is 0 Å². The van der Waals surface area contributed by atoms with E-state index < -0.39 is 0 Å². The SMILES string of the molecule is N#Cc1ccc2c(c1)c1cc(C#N)cc3c4c5nc6c7ccccc7c7ccccc7c6nc5c5c6cc(C#N)cc7c8cc(C#N)ccc8n(c76)c5c4n2c13. The molecule has 13 rings (SSSR count). The van der Waals surface area contributed by atoms with Gasteiger partial charge in [0.15, 0.2) is 0 Å². The molecule has 5 aromatic heterocycles. The topological polar surface area (TPSA) is 130 Å². The van der Waals surface area contributed by atoms with Crippen molar-refractivity contribution in [3.05, 3.63) is 131 Å². The molecule has 8 nitrogen and oxygen atoms in total. The maximum atomic E-state index is 10.4. The van der Waals surface area contributed by atoms with Gasteiger partial charge in [-0.25, -0.2) is 9.97 Å². The molecule has 0 saturated carbocycles. The molecule has 0 amide bonds. The molecule has 0 aliphatic rings. The van der Waals surface area contributed by atoms with Gasteiger partial charge in [0.1, 0.15) is 11.0 Å². The molecule has 5 heterocycles. The highest BCUT2D eigenvalue weighted by atomic mass is 15.0. The van der Waals surface area contributed by atoms with Crippen LogP contribution in [0, 0.1) is 45.3 Å². The highest BCUT2D eigenvalue weighted by Crippen LogP contribution is 2.50. The molecule has 0 N–H and O–H groups in total. The maximum absolute atomic E-state index is 10.4. The highest BCUT2D eigenvalue weighted by Gasteiger charge is 2.30. The summed E-state index contributed by atoms with van der Waals surface area (Å²) in [6.07, 6.45) is 0. The number of nitrogens with zero attached hydrogens (tertiary/aromatic N) is 8. The van der Waals surface area contributed by atoms with Gasteiger partial charge in [-0.15, -0.1) is 0 Å². The number of nitriles is 4. The van der Waals surface area contributed by atoms with Crippen LogP contribution in [0.25, 0.3) is 120 Å². The molecule has 0 saturated heterocycles. The Hall–Kier alpha value is -8.56. The van der Waals surface area contributed by atoms with Crippen LogP contribution in [-0.4, -0.2) is 18.8 Å². The summed E-state index contributed by atoms with van der Waals surface area (Å²) in [5, 5.41) is 51.9. The van der Waals surface area contributed by atoms with Crippen LogP contribution in [0.4, 0.5) is 0 Å². The van der Waals surface area contributed by atoms with Crippen molar-refractivity contribution in [2.24, 2.45) is 0 Å². The van der Waals surface area contributed by atoms with E-state index in [2.05, 4.69) is 57.3 Å². The van der Waals surface area contributed by atoms with E-state index in [1.807, 2.05) is 84.9 Å². The first-order chi connectivity index (χ1) is 27.6. The average molecular weight is 707 g/mol. The van der Waals surface area contributed by atoms with Gasteiger partial charge in [-0.2, -0.15) is 21.0 Å². The van der Waals surface area contributed by atoms with Crippen LogP contribution < -0.4 is 0 Å². The molecular formula is C48H18N8. The zero-order valence-electron chi connectivity index (χ0n) is 29.0. The lowest BCUT2D eigenvalue weighted by atomic mass is 9.97. The van der Waals surface area contributed by atoms with Crippen molar-refractivity contribution in [1.82, 2.24) is 18.8 Å². The molecule has 0 aliphatic carbocycles. The Bertz CT molecular complexity index is 3940. The second kappa shape index (κ2) is 9.70. The standard InChI is InChI=1S/C48H18N8/c49-19-23-9-11-37-31(13-23)33-15-25(21-51)17-35-39-43-44(54-42-30-8-4-2-6-28(30)27-5-1-3-7-29(27)41(42)53-43)40-36-18-26(22-52)16-34-32-14-24(20-50)10-12-38(32)56(46(34)36)48(40)47(39)55(37)45(33)35/h1-18H. The normalized spacial score (nSPS) is 12.2. The smallest absolute Gasteiger partial charge is 0.100 e. The van der Waals surface area contributed by atoms with E-state index in [9.17, 15) is 21.0 Å². The van der Waals surface area contributed by atoms with E-state index in [0.29, 0.717) is 33.3 Å². The first kappa shape index (κ1) is 29.0. The number of rotatable bonds is 0. The zero-order chi connectivity index (χ0) is 37.1. The van der Waals surface area contributed by atoms with Gasteiger partial charge >= 0.3 is 0 Å². The molecular weight excluding hydrogens is 689 g/mol. The molecule has 0 bridgehead atoms. The fourth-order valence-corrected chi connectivity index (χ4v) is 9.82. The second-order valence-electron chi connectivity index (χ2n) is 14.6. The molecule has 0 atom stereocenters. The second-order valence-corrected chi connectivity index (χ2v) is 14.6. The van der Waals surface area contributed by atoms with Crippen LogP contribution in [0.15, 0.2) is 109 Å². The average Bonchev–Trinajstić information content (AvgIpc) is 3.98. The Kier molecular flexibility index (Phi) is 5.01. The van der Waals surface area contributed by atoms with Gasteiger partial charge in [0.2, 0.25) is 0 Å². The van der Waals surface area contributed by atoms with Crippen molar-refractivity contribution in [2.75, 3.05) is 0 Å². The Labute approximate surface area is 314 Å². The minimum Gasteiger partial charge on any atom is -0.306 e. The number of aromatic nitrogens is 4. The Balaban J connectivity index is 1.43.